The lowest BCUT2D eigenvalue weighted by Crippen LogP contribution is -2.44. The number of benzene rings is 1. The molecule has 7 nitrogen and oxygen atoms in total. The van der Waals surface area contributed by atoms with Crippen LogP contribution >= 0.6 is 0 Å². The molecule has 3 heterocycles. The van der Waals surface area contributed by atoms with Crippen LogP contribution in [0, 0.1) is 5.41 Å². The molecule has 2 aromatic rings. The van der Waals surface area contributed by atoms with Gasteiger partial charge in [-0.3, -0.25) is 9.59 Å². The molecule has 2 N–H and O–H groups in total. The summed E-state index contributed by atoms with van der Waals surface area (Å²) in [6.45, 7) is 3.06. The molecule has 0 radical (unpaired) electrons. The van der Waals surface area contributed by atoms with Crippen molar-refractivity contribution in [3.63, 3.8) is 0 Å². The minimum atomic E-state index is -0.944. The number of hydrogen-bond donors (Lipinski definition) is 2. The number of aromatic amines is 1. The van der Waals surface area contributed by atoms with E-state index in [-0.39, 0.29) is 17.2 Å². The number of carbonyl (C=O) groups is 3. The maximum absolute atomic E-state index is 12.9. The molecule has 2 saturated heterocycles. The summed E-state index contributed by atoms with van der Waals surface area (Å²) in [7, 11) is 0. The highest BCUT2D eigenvalue weighted by Crippen LogP contribution is 2.43. The van der Waals surface area contributed by atoms with E-state index in [1.54, 1.807) is 0 Å². The lowest BCUT2D eigenvalue weighted by atomic mass is 9.76. The number of H-pyrrole nitrogens is 1. The second-order valence-corrected chi connectivity index (χ2v) is 7.78. The van der Waals surface area contributed by atoms with Gasteiger partial charge in [0, 0.05) is 49.2 Å². The molecular formula is C20H23N3O4. The molecular weight excluding hydrogens is 346 g/mol. The average Bonchev–Trinajstić information content (AvgIpc) is 3.26. The molecule has 2 amide bonds. The topological polar surface area (TPSA) is 93.7 Å². The number of hydrogen-bond acceptors (Lipinski definition) is 3. The number of rotatable bonds is 2. The molecule has 1 spiro atoms. The molecule has 2 aliphatic heterocycles. The Bertz CT molecular complexity index is 887. The fourth-order valence-corrected chi connectivity index (χ4v) is 4.52. The van der Waals surface area contributed by atoms with Crippen molar-refractivity contribution in [1.29, 1.82) is 0 Å². The number of aliphatic carboxylic acids is 1. The Hall–Kier alpha value is -2.83. The number of nitrogens with zero attached hydrogens (tertiary/aromatic N) is 2. The average molecular weight is 369 g/mol. The monoisotopic (exact) mass is 369 g/mol. The van der Waals surface area contributed by atoms with E-state index in [4.69, 9.17) is 0 Å². The van der Waals surface area contributed by atoms with Crippen LogP contribution in [-0.4, -0.2) is 63.4 Å². The van der Waals surface area contributed by atoms with Crippen LogP contribution < -0.4 is 0 Å². The fourth-order valence-electron chi connectivity index (χ4n) is 4.52. The Kier molecular flexibility index (Phi) is 4.17. The summed E-state index contributed by atoms with van der Waals surface area (Å²) >= 11 is 0. The van der Waals surface area contributed by atoms with Gasteiger partial charge in [-0.2, -0.15) is 0 Å². The minimum Gasteiger partial charge on any atom is -0.480 e. The first-order valence-electron chi connectivity index (χ1n) is 9.25. The molecule has 2 aliphatic rings. The van der Waals surface area contributed by atoms with Gasteiger partial charge in [-0.05, 0) is 48.9 Å². The van der Waals surface area contributed by atoms with Crippen molar-refractivity contribution in [2.75, 3.05) is 19.6 Å². The van der Waals surface area contributed by atoms with Gasteiger partial charge in [0.05, 0.1) is 0 Å². The van der Waals surface area contributed by atoms with E-state index in [0.29, 0.717) is 31.6 Å². The highest BCUT2D eigenvalue weighted by Gasteiger charge is 2.49. The number of carbonyl (C=O) groups excluding carboxylic acids is 2. The lowest BCUT2D eigenvalue weighted by Gasteiger charge is -2.39. The van der Waals surface area contributed by atoms with Crippen LogP contribution in [0.4, 0.5) is 0 Å². The second kappa shape index (κ2) is 6.40. The van der Waals surface area contributed by atoms with Crippen molar-refractivity contribution in [2.24, 2.45) is 5.41 Å². The number of piperidine rings is 1. The zero-order valence-electron chi connectivity index (χ0n) is 15.3. The molecule has 27 heavy (non-hydrogen) atoms. The highest BCUT2D eigenvalue weighted by atomic mass is 16.4. The van der Waals surface area contributed by atoms with Crippen molar-refractivity contribution < 1.29 is 19.5 Å². The Balaban J connectivity index is 1.46. The van der Waals surface area contributed by atoms with E-state index < -0.39 is 12.0 Å². The SMILES string of the molecule is CC(=O)N1CC2(CCN(C(=O)c3ccc4[nH]ccc4c3)CC2)CC1C(=O)O. The molecule has 4 rings (SSSR count). The predicted octanol–water partition coefficient (Wildman–Crippen LogP) is 2.10. The fraction of sp³-hybridized carbons (Fsp3) is 0.450. The van der Waals surface area contributed by atoms with Crippen molar-refractivity contribution in [2.45, 2.75) is 32.2 Å². The summed E-state index contributed by atoms with van der Waals surface area (Å²) in [6, 6.07) is 6.83. The largest absolute Gasteiger partial charge is 0.480 e. The maximum Gasteiger partial charge on any atom is 0.326 e. The van der Waals surface area contributed by atoms with E-state index in [1.165, 1.54) is 11.8 Å². The summed E-state index contributed by atoms with van der Waals surface area (Å²) in [6.07, 6.45) is 3.76. The lowest BCUT2D eigenvalue weighted by molar-refractivity contribution is -0.147. The van der Waals surface area contributed by atoms with Gasteiger partial charge in [-0.25, -0.2) is 4.79 Å². The van der Waals surface area contributed by atoms with Gasteiger partial charge >= 0.3 is 5.97 Å². The van der Waals surface area contributed by atoms with Gasteiger partial charge in [0.1, 0.15) is 6.04 Å². The molecule has 142 valence electrons. The quantitative estimate of drug-likeness (QED) is 0.848. The molecule has 1 aromatic heterocycles. The van der Waals surface area contributed by atoms with Gasteiger partial charge in [-0.15, -0.1) is 0 Å². The third kappa shape index (κ3) is 3.07. The van der Waals surface area contributed by atoms with Gasteiger partial charge in [0.25, 0.3) is 5.91 Å². The zero-order valence-corrected chi connectivity index (χ0v) is 15.3. The number of likely N-dealkylation sites (tertiary alicyclic amines) is 2. The molecule has 7 heteroatoms. The third-order valence-electron chi connectivity index (χ3n) is 6.11. The molecule has 0 saturated carbocycles. The number of aromatic nitrogens is 1. The number of carboxylic acids is 1. The first-order chi connectivity index (χ1) is 12.9. The van der Waals surface area contributed by atoms with Crippen molar-refractivity contribution >= 4 is 28.7 Å². The summed E-state index contributed by atoms with van der Waals surface area (Å²) in [4.78, 5) is 42.6. The number of carboxylic acid groups (broad SMARTS) is 1. The van der Waals surface area contributed by atoms with Crippen molar-refractivity contribution in [1.82, 2.24) is 14.8 Å². The first kappa shape index (κ1) is 17.6. The Morgan fingerprint density at radius 2 is 1.93 bits per heavy atom. The molecule has 1 unspecified atom stereocenters. The van der Waals surface area contributed by atoms with Crippen LogP contribution in [-0.2, 0) is 9.59 Å². The molecule has 1 atom stereocenters. The Labute approximate surface area is 156 Å². The van der Waals surface area contributed by atoms with Crippen molar-refractivity contribution in [3.8, 4) is 0 Å². The standard InChI is InChI=1S/C20H23N3O4/c1-13(24)23-12-20(11-17(23)19(26)27)5-8-22(9-6-20)18(25)15-2-3-16-14(10-15)4-7-21-16/h2-4,7,10,17,21H,5-6,8-9,11-12H2,1H3,(H,26,27). The first-order valence-corrected chi connectivity index (χ1v) is 9.25. The maximum atomic E-state index is 12.9. The number of fused-ring (bicyclic) bond motifs is 1. The summed E-state index contributed by atoms with van der Waals surface area (Å²) in [5, 5.41) is 10.4. The molecule has 0 aliphatic carbocycles. The van der Waals surface area contributed by atoms with E-state index in [9.17, 15) is 19.5 Å². The Morgan fingerprint density at radius 1 is 1.19 bits per heavy atom. The third-order valence-corrected chi connectivity index (χ3v) is 6.11. The van der Waals surface area contributed by atoms with Crippen LogP contribution in [0.2, 0.25) is 0 Å². The van der Waals surface area contributed by atoms with Gasteiger partial charge < -0.3 is 19.9 Å². The van der Waals surface area contributed by atoms with E-state index >= 15 is 0 Å². The minimum absolute atomic E-state index is 0.00385. The summed E-state index contributed by atoms with van der Waals surface area (Å²) in [5.74, 6) is -1.14. The second-order valence-electron chi connectivity index (χ2n) is 7.78. The van der Waals surface area contributed by atoms with Gasteiger partial charge in [0.2, 0.25) is 5.91 Å². The highest BCUT2D eigenvalue weighted by molar-refractivity contribution is 5.98. The normalized spacial score (nSPS) is 21.7. The van der Waals surface area contributed by atoms with E-state index in [0.717, 1.165) is 23.7 Å². The number of amides is 2. The van der Waals surface area contributed by atoms with Gasteiger partial charge in [0.15, 0.2) is 0 Å². The number of nitrogens with one attached hydrogen (secondary N) is 1. The van der Waals surface area contributed by atoms with Crippen LogP contribution in [0.3, 0.4) is 0 Å². The molecule has 2 fully saturated rings. The predicted molar refractivity (Wildman–Crippen MR) is 99.3 cm³/mol. The summed E-state index contributed by atoms with van der Waals surface area (Å²) < 4.78 is 0. The zero-order chi connectivity index (χ0) is 19.2. The van der Waals surface area contributed by atoms with Crippen LogP contribution in [0.15, 0.2) is 30.5 Å². The van der Waals surface area contributed by atoms with Crippen molar-refractivity contribution in [3.05, 3.63) is 36.0 Å². The Morgan fingerprint density at radius 3 is 2.56 bits per heavy atom. The molecule has 1 aromatic carbocycles. The van der Waals surface area contributed by atoms with E-state index in [2.05, 4.69) is 4.98 Å². The smallest absolute Gasteiger partial charge is 0.326 e. The van der Waals surface area contributed by atoms with Crippen LogP contribution in [0.25, 0.3) is 10.9 Å². The van der Waals surface area contributed by atoms with Crippen LogP contribution in [0.1, 0.15) is 36.5 Å². The van der Waals surface area contributed by atoms with Crippen LogP contribution in [0.5, 0.6) is 0 Å². The molecule has 0 bridgehead atoms. The van der Waals surface area contributed by atoms with E-state index in [1.807, 2.05) is 35.4 Å². The summed E-state index contributed by atoms with van der Waals surface area (Å²) in [5.41, 5.74) is 1.47. The van der Waals surface area contributed by atoms with Gasteiger partial charge in [-0.1, -0.05) is 0 Å².